The summed E-state index contributed by atoms with van der Waals surface area (Å²) in [6.07, 6.45) is 0. The lowest BCUT2D eigenvalue weighted by Gasteiger charge is -2.05. The minimum atomic E-state index is -0.0955. The molecule has 0 aliphatic carbocycles. The van der Waals surface area contributed by atoms with Gasteiger partial charge in [0.05, 0.1) is 20.9 Å². The van der Waals surface area contributed by atoms with Crippen LogP contribution in [-0.4, -0.2) is 4.98 Å². The van der Waals surface area contributed by atoms with E-state index in [1.165, 1.54) is 0 Å². The normalized spacial score (nSPS) is 11.2. The van der Waals surface area contributed by atoms with Crippen molar-refractivity contribution < 1.29 is 0 Å². The summed E-state index contributed by atoms with van der Waals surface area (Å²) in [5.74, 6) is 0. The van der Waals surface area contributed by atoms with Gasteiger partial charge < -0.3 is 4.98 Å². The molecule has 4 heteroatoms. The molecule has 17 heavy (non-hydrogen) atoms. The molecule has 0 radical (unpaired) electrons. The summed E-state index contributed by atoms with van der Waals surface area (Å²) in [5, 5.41) is 1.96. The second-order valence-corrected chi connectivity index (χ2v) is 4.59. The predicted octanol–water partition coefficient (Wildman–Crippen LogP) is 3.99. The first kappa shape index (κ1) is 10.6. The number of pyridine rings is 1. The third-order valence-corrected chi connectivity index (χ3v) is 3.39. The van der Waals surface area contributed by atoms with Crippen LogP contribution in [0.25, 0.3) is 21.8 Å². The summed E-state index contributed by atoms with van der Waals surface area (Å²) >= 11 is 12.1. The minimum Gasteiger partial charge on any atom is -0.353 e. The average Bonchev–Trinajstić information content (AvgIpc) is 2.34. The Morgan fingerprint density at radius 3 is 2.47 bits per heavy atom. The van der Waals surface area contributed by atoms with Crippen molar-refractivity contribution in [2.24, 2.45) is 0 Å². The highest BCUT2D eigenvalue weighted by molar-refractivity contribution is 6.40. The number of aromatic amines is 1. The van der Waals surface area contributed by atoms with Crippen molar-refractivity contribution in [3.05, 3.63) is 56.7 Å². The van der Waals surface area contributed by atoms with Gasteiger partial charge in [0.15, 0.2) is 5.43 Å². The summed E-state index contributed by atoms with van der Waals surface area (Å²) < 4.78 is 0. The van der Waals surface area contributed by atoms with Crippen molar-refractivity contribution in [3.8, 4) is 0 Å². The number of benzene rings is 2. The highest BCUT2D eigenvalue weighted by atomic mass is 35.5. The van der Waals surface area contributed by atoms with Gasteiger partial charge in [0.2, 0.25) is 0 Å². The Labute approximate surface area is 107 Å². The molecular weight excluding hydrogens is 257 g/mol. The van der Waals surface area contributed by atoms with Crippen molar-refractivity contribution in [3.63, 3.8) is 0 Å². The van der Waals surface area contributed by atoms with Crippen LogP contribution in [0.15, 0.2) is 41.2 Å². The number of hydrogen-bond donors (Lipinski definition) is 1. The van der Waals surface area contributed by atoms with E-state index in [-0.39, 0.29) is 5.43 Å². The van der Waals surface area contributed by atoms with Crippen molar-refractivity contribution in [2.75, 3.05) is 0 Å². The molecule has 0 fully saturated rings. The maximum atomic E-state index is 12.3. The SMILES string of the molecule is O=c1c2ccccc2[nH]c2c(Cl)ccc(Cl)c12. The molecule has 84 valence electrons. The number of aromatic nitrogens is 1. The quantitative estimate of drug-likeness (QED) is 0.612. The van der Waals surface area contributed by atoms with Gasteiger partial charge >= 0.3 is 0 Å². The molecule has 0 aliphatic heterocycles. The Morgan fingerprint density at radius 1 is 0.941 bits per heavy atom. The van der Waals surface area contributed by atoms with Gasteiger partial charge in [-0.05, 0) is 24.3 Å². The molecule has 2 aromatic carbocycles. The molecule has 0 unspecified atom stereocenters. The van der Waals surface area contributed by atoms with Crippen molar-refractivity contribution >= 4 is 45.0 Å². The first-order valence-electron chi connectivity index (χ1n) is 5.07. The zero-order chi connectivity index (χ0) is 12.0. The van der Waals surface area contributed by atoms with E-state index in [2.05, 4.69) is 4.98 Å². The van der Waals surface area contributed by atoms with Crippen LogP contribution in [0.4, 0.5) is 0 Å². The molecule has 0 bridgehead atoms. The van der Waals surface area contributed by atoms with Gasteiger partial charge in [-0.1, -0.05) is 35.3 Å². The van der Waals surface area contributed by atoms with Crippen LogP contribution < -0.4 is 5.43 Å². The predicted molar refractivity (Wildman–Crippen MR) is 72.1 cm³/mol. The van der Waals surface area contributed by atoms with Crippen molar-refractivity contribution in [1.82, 2.24) is 4.98 Å². The summed E-state index contributed by atoms with van der Waals surface area (Å²) in [6.45, 7) is 0. The highest BCUT2D eigenvalue weighted by Gasteiger charge is 2.10. The lowest BCUT2D eigenvalue weighted by Crippen LogP contribution is -2.04. The van der Waals surface area contributed by atoms with E-state index in [4.69, 9.17) is 23.2 Å². The molecule has 1 heterocycles. The van der Waals surface area contributed by atoms with Gasteiger partial charge in [-0.3, -0.25) is 4.79 Å². The molecule has 0 saturated heterocycles. The van der Waals surface area contributed by atoms with Gasteiger partial charge in [-0.25, -0.2) is 0 Å². The molecule has 1 N–H and O–H groups in total. The van der Waals surface area contributed by atoms with Gasteiger partial charge in [-0.15, -0.1) is 0 Å². The smallest absolute Gasteiger partial charge is 0.198 e. The first-order chi connectivity index (χ1) is 8.18. The summed E-state index contributed by atoms with van der Waals surface area (Å²) in [6, 6.07) is 10.6. The Bertz CT molecular complexity index is 792. The van der Waals surface area contributed by atoms with Crippen molar-refractivity contribution in [1.29, 1.82) is 0 Å². The Kier molecular flexibility index (Phi) is 2.35. The fraction of sp³-hybridized carbons (Fsp3) is 0. The van der Waals surface area contributed by atoms with Crippen LogP contribution >= 0.6 is 23.2 Å². The van der Waals surface area contributed by atoms with Crippen molar-refractivity contribution in [2.45, 2.75) is 0 Å². The zero-order valence-corrected chi connectivity index (χ0v) is 10.1. The molecule has 1 aromatic heterocycles. The number of H-pyrrole nitrogens is 1. The molecule has 3 rings (SSSR count). The molecule has 3 aromatic rings. The Balaban J connectivity index is 2.69. The van der Waals surface area contributed by atoms with Crippen LogP contribution in [0.5, 0.6) is 0 Å². The molecule has 0 saturated carbocycles. The second-order valence-electron chi connectivity index (χ2n) is 3.78. The number of halogens is 2. The highest BCUT2D eigenvalue weighted by Crippen LogP contribution is 2.27. The van der Waals surface area contributed by atoms with E-state index >= 15 is 0 Å². The van der Waals surface area contributed by atoms with E-state index in [0.717, 1.165) is 5.52 Å². The summed E-state index contributed by atoms with van der Waals surface area (Å²) in [5.41, 5.74) is 1.25. The molecule has 0 amide bonds. The van der Waals surface area contributed by atoms with E-state index < -0.39 is 0 Å². The molecular formula is C13H7Cl2NO. The fourth-order valence-electron chi connectivity index (χ4n) is 1.96. The van der Waals surface area contributed by atoms with Gasteiger partial charge in [0, 0.05) is 10.9 Å². The van der Waals surface area contributed by atoms with Crippen LogP contribution in [0, 0.1) is 0 Å². The largest absolute Gasteiger partial charge is 0.353 e. The van der Waals surface area contributed by atoms with E-state index in [9.17, 15) is 4.79 Å². The number of nitrogens with one attached hydrogen (secondary N) is 1. The van der Waals surface area contributed by atoms with Gasteiger partial charge in [0.1, 0.15) is 0 Å². The number of fused-ring (bicyclic) bond motifs is 2. The monoisotopic (exact) mass is 263 g/mol. The maximum absolute atomic E-state index is 12.3. The molecule has 0 atom stereocenters. The first-order valence-corrected chi connectivity index (χ1v) is 5.83. The van der Waals surface area contributed by atoms with Crippen LogP contribution in [-0.2, 0) is 0 Å². The molecule has 0 spiro atoms. The Hall–Kier alpha value is -1.51. The molecule has 0 aliphatic rings. The minimum absolute atomic E-state index is 0.0955. The third-order valence-electron chi connectivity index (χ3n) is 2.76. The maximum Gasteiger partial charge on any atom is 0.198 e. The van der Waals surface area contributed by atoms with E-state index in [1.807, 2.05) is 18.2 Å². The standard InChI is InChI=1S/C13H7Cl2NO/c14-8-5-6-9(15)12-11(8)13(17)7-3-1-2-4-10(7)16-12/h1-6H,(H,16,17). The zero-order valence-electron chi connectivity index (χ0n) is 8.63. The lowest BCUT2D eigenvalue weighted by atomic mass is 10.1. The number of para-hydroxylation sites is 1. The number of rotatable bonds is 0. The topological polar surface area (TPSA) is 32.9 Å². The van der Waals surface area contributed by atoms with Gasteiger partial charge in [-0.2, -0.15) is 0 Å². The fourth-order valence-corrected chi connectivity index (χ4v) is 2.40. The second kappa shape index (κ2) is 3.76. The molecule has 2 nitrogen and oxygen atoms in total. The Morgan fingerprint density at radius 2 is 1.65 bits per heavy atom. The van der Waals surface area contributed by atoms with Crippen LogP contribution in [0.2, 0.25) is 10.0 Å². The lowest BCUT2D eigenvalue weighted by molar-refractivity contribution is 1.48. The van der Waals surface area contributed by atoms with Gasteiger partial charge in [0.25, 0.3) is 0 Å². The van der Waals surface area contributed by atoms with Crippen LogP contribution in [0.1, 0.15) is 0 Å². The third kappa shape index (κ3) is 1.53. The number of hydrogen-bond acceptors (Lipinski definition) is 1. The van der Waals surface area contributed by atoms with Crippen LogP contribution in [0.3, 0.4) is 0 Å². The summed E-state index contributed by atoms with van der Waals surface area (Å²) in [7, 11) is 0. The average molecular weight is 264 g/mol. The summed E-state index contributed by atoms with van der Waals surface area (Å²) in [4.78, 5) is 15.4. The van der Waals surface area contributed by atoms with E-state index in [1.54, 1.807) is 18.2 Å². The van der Waals surface area contributed by atoms with E-state index in [0.29, 0.717) is 26.3 Å².